The molecular formula is C30H26F2N6O3S. The summed E-state index contributed by atoms with van der Waals surface area (Å²) in [6, 6.07) is 17.8. The number of rotatable bonds is 10. The number of nitrogens with one attached hydrogen (secondary N) is 1. The lowest BCUT2D eigenvalue weighted by Gasteiger charge is -2.10. The number of aryl methyl sites for hydroxylation is 1. The van der Waals surface area contributed by atoms with E-state index in [1.807, 2.05) is 55.5 Å². The Kier molecular flexibility index (Phi) is 8.72. The molecule has 0 spiro atoms. The van der Waals surface area contributed by atoms with E-state index >= 15 is 0 Å². The first-order chi connectivity index (χ1) is 20.4. The molecule has 12 heteroatoms. The zero-order valence-corrected chi connectivity index (χ0v) is 23.4. The van der Waals surface area contributed by atoms with Crippen molar-refractivity contribution in [2.45, 2.75) is 39.2 Å². The molecule has 0 saturated carbocycles. The highest BCUT2D eigenvalue weighted by molar-refractivity contribution is 7.09. The van der Waals surface area contributed by atoms with Crippen LogP contribution in [0.1, 0.15) is 57.5 Å². The Morgan fingerprint density at radius 2 is 1.79 bits per heavy atom. The Morgan fingerprint density at radius 3 is 2.45 bits per heavy atom. The zero-order chi connectivity index (χ0) is 29.6. The molecule has 5 aromatic rings. The average Bonchev–Trinajstić information content (AvgIpc) is 3.62. The van der Waals surface area contributed by atoms with Crippen molar-refractivity contribution in [3.63, 3.8) is 0 Å². The lowest BCUT2D eigenvalue weighted by molar-refractivity contribution is 0.0683. The number of tetrazole rings is 1. The van der Waals surface area contributed by atoms with Gasteiger partial charge in [-0.05, 0) is 46.9 Å². The van der Waals surface area contributed by atoms with Crippen LogP contribution in [-0.2, 0) is 13.0 Å². The quantitative estimate of drug-likeness (QED) is 0.196. The summed E-state index contributed by atoms with van der Waals surface area (Å²) < 4.78 is 29.2. The predicted molar refractivity (Wildman–Crippen MR) is 153 cm³/mol. The number of hydrogen-bond donors (Lipinski definition) is 2. The lowest BCUT2D eigenvalue weighted by Crippen LogP contribution is -2.22. The number of H-pyrrole nitrogens is 1. The largest absolute Gasteiger partial charge is 0.477 e. The van der Waals surface area contributed by atoms with Crippen molar-refractivity contribution in [1.29, 1.82) is 0 Å². The van der Waals surface area contributed by atoms with Crippen LogP contribution in [0.25, 0.3) is 22.5 Å². The Labute approximate surface area is 243 Å². The van der Waals surface area contributed by atoms with Crippen LogP contribution in [0.15, 0.2) is 71.7 Å². The van der Waals surface area contributed by atoms with Gasteiger partial charge in [0.05, 0.1) is 12.1 Å². The molecule has 0 fully saturated rings. The van der Waals surface area contributed by atoms with Crippen LogP contribution >= 0.6 is 11.3 Å². The molecule has 0 bridgehead atoms. The van der Waals surface area contributed by atoms with Gasteiger partial charge in [0, 0.05) is 16.5 Å². The minimum Gasteiger partial charge on any atom is -0.477 e. The maximum atomic E-state index is 14.3. The monoisotopic (exact) mass is 588 g/mol. The Hall–Kier alpha value is -4.84. The van der Waals surface area contributed by atoms with E-state index in [0.29, 0.717) is 23.2 Å². The fraction of sp³-hybridized carbons (Fsp3) is 0.200. The minimum absolute atomic E-state index is 0.0359. The molecule has 9 nitrogen and oxygen atoms in total. The van der Waals surface area contributed by atoms with Crippen molar-refractivity contribution in [3.05, 3.63) is 105 Å². The summed E-state index contributed by atoms with van der Waals surface area (Å²) in [6.07, 6.45) is 3.14. The van der Waals surface area contributed by atoms with Gasteiger partial charge in [-0.25, -0.2) is 13.6 Å². The molecule has 0 atom stereocenters. The smallest absolute Gasteiger partial charge is 0.353 e. The van der Waals surface area contributed by atoms with Gasteiger partial charge in [0.15, 0.2) is 4.80 Å². The van der Waals surface area contributed by atoms with E-state index in [9.17, 15) is 23.5 Å². The fourth-order valence-electron chi connectivity index (χ4n) is 4.62. The molecule has 1 amide bonds. The van der Waals surface area contributed by atoms with Gasteiger partial charge in [-0.3, -0.25) is 4.79 Å². The molecule has 2 N–H and O–H groups in total. The number of hydrogen-bond acceptors (Lipinski definition) is 6. The molecule has 42 heavy (non-hydrogen) atoms. The molecule has 0 unspecified atom stereocenters. The van der Waals surface area contributed by atoms with Crippen molar-refractivity contribution in [3.8, 4) is 22.5 Å². The third kappa shape index (κ3) is 6.23. The third-order valence-corrected chi connectivity index (χ3v) is 7.81. The van der Waals surface area contributed by atoms with Gasteiger partial charge in [-0.2, -0.15) is 10.2 Å². The number of aromatic amines is 1. The summed E-state index contributed by atoms with van der Waals surface area (Å²) in [7, 11) is 0. The maximum Gasteiger partial charge on any atom is 0.353 e. The molecule has 0 aliphatic heterocycles. The SMILES string of the molecule is CCCCCc1sc(=NC(=O)c2ccc(F)cc2F)n(Cc2ccc(-c3ccccc3-c3nn[nH]n3)cc2)c1C(=O)O. The second-order valence-corrected chi connectivity index (χ2v) is 10.6. The molecule has 0 aliphatic carbocycles. The average molecular weight is 589 g/mol. The van der Waals surface area contributed by atoms with Crippen molar-refractivity contribution >= 4 is 23.2 Å². The number of halogens is 2. The van der Waals surface area contributed by atoms with Crippen LogP contribution in [0.3, 0.4) is 0 Å². The normalized spacial score (nSPS) is 11.6. The highest BCUT2D eigenvalue weighted by Crippen LogP contribution is 2.30. The number of thiazole rings is 1. The summed E-state index contributed by atoms with van der Waals surface area (Å²) >= 11 is 1.09. The number of aromatic nitrogens is 5. The highest BCUT2D eigenvalue weighted by Gasteiger charge is 2.22. The first kappa shape index (κ1) is 28.7. The van der Waals surface area contributed by atoms with E-state index in [0.717, 1.165) is 65.0 Å². The van der Waals surface area contributed by atoms with E-state index < -0.39 is 29.1 Å². The number of nitrogens with zero attached hydrogens (tertiary/aromatic N) is 5. The van der Waals surface area contributed by atoms with Crippen LogP contribution in [-0.4, -0.2) is 42.2 Å². The minimum atomic E-state index is -1.15. The van der Waals surface area contributed by atoms with Gasteiger partial charge in [-0.1, -0.05) is 68.3 Å². The van der Waals surface area contributed by atoms with Crippen molar-refractivity contribution in [1.82, 2.24) is 25.2 Å². The predicted octanol–water partition coefficient (Wildman–Crippen LogP) is 5.90. The Balaban J connectivity index is 1.54. The highest BCUT2D eigenvalue weighted by atomic mass is 32.1. The molecule has 0 saturated heterocycles. The summed E-state index contributed by atoms with van der Waals surface area (Å²) in [4.78, 5) is 30.2. The topological polar surface area (TPSA) is 126 Å². The maximum absolute atomic E-state index is 14.3. The van der Waals surface area contributed by atoms with Crippen LogP contribution in [0.5, 0.6) is 0 Å². The molecule has 3 aromatic carbocycles. The fourth-order valence-corrected chi connectivity index (χ4v) is 5.77. The van der Waals surface area contributed by atoms with E-state index in [2.05, 4.69) is 25.6 Å². The van der Waals surface area contributed by atoms with Gasteiger partial charge in [-0.15, -0.1) is 21.5 Å². The summed E-state index contributed by atoms with van der Waals surface area (Å²) in [6.45, 7) is 2.16. The zero-order valence-electron chi connectivity index (χ0n) is 22.6. The number of carbonyl (C=O) groups is 2. The van der Waals surface area contributed by atoms with Crippen LogP contribution < -0.4 is 4.80 Å². The van der Waals surface area contributed by atoms with E-state index in [4.69, 9.17) is 0 Å². The van der Waals surface area contributed by atoms with Gasteiger partial charge in [0.25, 0.3) is 5.91 Å². The van der Waals surface area contributed by atoms with E-state index in [-0.39, 0.29) is 17.0 Å². The molecule has 0 aliphatic rings. The van der Waals surface area contributed by atoms with Crippen molar-refractivity contribution < 1.29 is 23.5 Å². The number of aromatic carboxylic acids is 1. The van der Waals surface area contributed by atoms with E-state index in [1.54, 1.807) is 0 Å². The third-order valence-electron chi connectivity index (χ3n) is 6.67. The van der Waals surface area contributed by atoms with Gasteiger partial charge in [0.1, 0.15) is 17.3 Å². The lowest BCUT2D eigenvalue weighted by atomic mass is 9.98. The summed E-state index contributed by atoms with van der Waals surface area (Å²) in [5, 5.41) is 24.4. The molecule has 214 valence electrons. The number of carbonyl (C=O) groups excluding carboxylic acids is 1. The first-order valence-electron chi connectivity index (χ1n) is 13.3. The molecule has 5 rings (SSSR count). The van der Waals surface area contributed by atoms with Gasteiger partial charge < -0.3 is 9.67 Å². The summed E-state index contributed by atoms with van der Waals surface area (Å²) in [5.41, 5.74) is 2.97. The number of carboxylic acid groups (broad SMARTS) is 1. The number of carboxylic acids is 1. The van der Waals surface area contributed by atoms with Gasteiger partial charge >= 0.3 is 5.97 Å². The molecular weight excluding hydrogens is 562 g/mol. The number of amides is 1. The Morgan fingerprint density at radius 1 is 1.02 bits per heavy atom. The number of benzene rings is 3. The second kappa shape index (κ2) is 12.8. The first-order valence-corrected chi connectivity index (χ1v) is 14.1. The number of unbranched alkanes of at least 4 members (excludes halogenated alkanes) is 2. The van der Waals surface area contributed by atoms with Crippen molar-refractivity contribution in [2.75, 3.05) is 0 Å². The van der Waals surface area contributed by atoms with E-state index in [1.165, 1.54) is 4.57 Å². The molecule has 2 aromatic heterocycles. The van der Waals surface area contributed by atoms with Crippen LogP contribution in [0.4, 0.5) is 8.78 Å². The van der Waals surface area contributed by atoms with Crippen LogP contribution in [0.2, 0.25) is 0 Å². The Bertz CT molecular complexity index is 1800. The standard InChI is InChI=1S/C30H26F2N6O3S/c1-2-3-4-9-25-26(29(40)41)38(30(42-25)33-28(39)23-15-14-20(31)16-24(23)32)17-18-10-12-19(13-11-18)21-7-5-6-8-22(21)27-34-36-37-35-27/h5-8,10-16H,2-4,9,17H2,1H3,(H,40,41)(H,34,35,36,37). The molecule has 2 heterocycles. The van der Waals surface area contributed by atoms with Crippen LogP contribution in [0, 0.1) is 11.6 Å². The summed E-state index contributed by atoms with van der Waals surface area (Å²) in [5.74, 6) is -3.47. The second-order valence-electron chi connectivity index (χ2n) is 9.52. The van der Waals surface area contributed by atoms with Gasteiger partial charge in [0.2, 0.25) is 5.82 Å². The van der Waals surface area contributed by atoms with Crippen molar-refractivity contribution in [2.24, 2.45) is 4.99 Å². The molecule has 0 radical (unpaired) electrons.